The molecule has 1 aliphatic rings. The molecule has 0 radical (unpaired) electrons. The number of anilines is 1. The first-order chi connectivity index (χ1) is 8.41. The predicted molar refractivity (Wildman–Crippen MR) is 72.3 cm³/mol. The van der Waals surface area contributed by atoms with Gasteiger partial charge in [-0.25, -0.2) is 13.4 Å². The zero-order valence-electron chi connectivity index (χ0n) is 10.7. The minimum Gasteiger partial charge on any atom is -0.352 e. The lowest BCUT2D eigenvalue weighted by Crippen LogP contribution is -2.47. The Kier molecular flexibility index (Phi) is 3.59. The average molecular weight is 269 g/mol. The molecule has 2 atom stereocenters. The second-order valence-electron chi connectivity index (χ2n) is 4.86. The maximum absolute atomic E-state index is 11.6. The molecule has 1 fully saturated rings. The molecule has 0 aliphatic carbocycles. The van der Waals surface area contributed by atoms with Crippen LogP contribution in [0.4, 0.5) is 5.82 Å². The summed E-state index contributed by atoms with van der Waals surface area (Å²) in [6.07, 6.45) is 1.72. The quantitative estimate of drug-likeness (QED) is 0.856. The Labute approximate surface area is 108 Å². The summed E-state index contributed by atoms with van der Waals surface area (Å²) >= 11 is 0. The van der Waals surface area contributed by atoms with Crippen molar-refractivity contribution in [3.05, 3.63) is 23.9 Å². The van der Waals surface area contributed by atoms with Crippen molar-refractivity contribution >= 4 is 15.7 Å². The van der Waals surface area contributed by atoms with E-state index in [4.69, 9.17) is 5.73 Å². The topological polar surface area (TPSA) is 76.3 Å². The summed E-state index contributed by atoms with van der Waals surface area (Å²) in [7, 11) is -2.91. The summed E-state index contributed by atoms with van der Waals surface area (Å²) in [5, 5.41) is 0. The van der Waals surface area contributed by atoms with Crippen molar-refractivity contribution in [3.63, 3.8) is 0 Å². The summed E-state index contributed by atoms with van der Waals surface area (Å²) in [6.45, 7) is 4.31. The molecule has 5 nitrogen and oxygen atoms in total. The van der Waals surface area contributed by atoms with E-state index < -0.39 is 9.84 Å². The maximum Gasteiger partial charge on any atom is 0.154 e. The molecule has 2 rings (SSSR count). The number of rotatable bonds is 2. The fourth-order valence-corrected chi connectivity index (χ4v) is 3.87. The first kappa shape index (κ1) is 13.3. The van der Waals surface area contributed by atoms with Crippen LogP contribution in [0, 0.1) is 0 Å². The van der Waals surface area contributed by atoms with Gasteiger partial charge in [-0.05, 0) is 19.9 Å². The molecule has 2 heterocycles. The Morgan fingerprint density at radius 2 is 2.28 bits per heavy atom. The van der Waals surface area contributed by atoms with Gasteiger partial charge in [0.25, 0.3) is 0 Å². The standard InChI is InChI=1S/C12H19N3O2S/c1-9-8-18(16,17)7-6-15(9)12-11(10(2)13)4-3-5-14-12/h3-5,9-10H,6-8,13H2,1-2H3/t9?,10-/m0/s1. The second-order valence-corrected chi connectivity index (χ2v) is 7.09. The second kappa shape index (κ2) is 4.85. The third kappa shape index (κ3) is 2.64. The molecule has 2 N–H and O–H groups in total. The molecule has 1 unspecified atom stereocenters. The number of nitrogens with zero attached hydrogens (tertiary/aromatic N) is 2. The van der Waals surface area contributed by atoms with E-state index in [0.717, 1.165) is 11.4 Å². The number of pyridine rings is 1. The van der Waals surface area contributed by atoms with Crippen LogP contribution in [0.15, 0.2) is 18.3 Å². The van der Waals surface area contributed by atoms with Crippen LogP contribution in [-0.2, 0) is 9.84 Å². The van der Waals surface area contributed by atoms with Gasteiger partial charge in [-0.2, -0.15) is 0 Å². The van der Waals surface area contributed by atoms with E-state index >= 15 is 0 Å². The molecule has 18 heavy (non-hydrogen) atoms. The van der Waals surface area contributed by atoms with Crippen LogP contribution in [0.1, 0.15) is 25.5 Å². The van der Waals surface area contributed by atoms with Crippen LogP contribution in [0.2, 0.25) is 0 Å². The van der Waals surface area contributed by atoms with Crippen molar-refractivity contribution in [2.75, 3.05) is 23.0 Å². The first-order valence-electron chi connectivity index (χ1n) is 6.08. The molecule has 0 spiro atoms. The van der Waals surface area contributed by atoms with Gasteiger partial charge < -0.3 is 10.6 Å². The normalized spacial score (nSPS) is 24.8. The molecule has 0 bridgehead atoms. The van der Waals surface area contributed by atoms with Gasteiger partial charge in [0.2, 0.25) is 0 Å². The highest BCUT2D eigenvalue weighted by atomic mass is 32.2. The lowest BCUT2D eigenvalue weighted by molar-refractivity contribution is 0.565. The fraction of sp³-hybridized carbons (Fsp3) is 0.583. The van der Waals surface area contributed by atoms with Gasteiger partial charge in [0.15, 0.2) is 9.84 Å². The summed E-state index contributed by atoms with van der Waals surface area (Å²) < 4.78 is 23.2. The maximum atomic E-state index is 11.6. The molecule has 0 saturated carbocycles. The Balaban J connectivity index is 2.33. The number of hydrogen-bond acceptors (Lipinski definition) is 5. The number of sulfone groups is 1. The zero-order valence-corrected chi connectivity index (χ0v) is 11.5. The molecule has 6 heteroatoms. The van der Waals surface area contributed by atoms with Gasteiger partial charge in [-0.15, -0.1) is 0 Å². The highest BCUT2D eigenvalue weighted by Gasteiger charge is 2.30. The molecule has 1 aromatic heterocycles. The number of nitrogens with two attached hydrogens (primary N) is 1. The van der Waals surface area contributed by atoms with Crippen molar-refractivity contribution in [2.24, 2.45) is 5.73 Å². The zero-order chi connectivity index (χ0) is 13.3. The highest BCUT2D eigenvalue weighted by Crippen LogP contribution is 2.26. The van der Waals surface area contributed by atoms with Crippen molar-refractivity contribution < 1.29 is 8.42 Å². The van der Waals surface area contributed by atoms with Gasteiger partial charge in [0.1, 0.15) is 5.82 Å². The molecule has 1 aliphatic heterocycles. The van der Waals surface area contributed by atoms with E-state index in [1.54, 1.807) is 6.20 Å². The van der Waals surface area contributed by atoms with Crippen molar-refractivity contribution in [3.8, 4) is 0 Å². The summed E-state index contributed by atoms with van der Waals surface area (Å²) in [5.74, 6) is 1.18. The average Bonchev–Trinajstić information content (AvgIpc) is 2.28. The third-order valence-corrected chi connectivity index (χ3v) is 5.04. The largest absolute Gasteiger partial charge is 0.352 e. The van der Waals surface area contributed by atoms with E-state index in [1.165, 1.54) is 0 Å². The Morgan fingerprint density at radius 3 is 2.89 bits per heavy atom. The molecule has 100 valence electrons. The van der Waals surface area contributed by atoms with Crippen LogP contribution < -0.4 is 10.6 Å². The van der Waals surface area contributed by atoms with Gasteiger partial charge in [0, 0.05) is 30.4 Å². The van der Waals surface area contributed by atoms with Crippen LogP contribution in [0.5, 0.6) is 0 Å². The van der Waals surface area contributed by atoms with E-state index in [1.807, 2.05) is 30.9 Å². The Hall–Kier alpha value is -1.14. The highest BCUT2D eigenvalue weighted by molar-refractivity contribution is 7.91. The van der Waals surface area contributed by atoms with Crippen LogP contribution in [0.3, 0.4) is 0 Å². The fourth-order valence-electron chi connectivity index (χ4n) is 2.32. The van der Waals surface area contributed by atoms with Crippen LogP contribution >= 0.6 is 0 Å². The lowest BCUT2D eigenvalue weighted by atomic mass is 10.1. The van der Waals surface area contributed by atoms with E-state index in [-0.39, 0.29) is 23.6 Å². The minimum atomic E-state index is -2.91. The van der Waals surface area contributed by atoms with Gasteiger partial charge >= 0.3 is 0 Å². The lowest BCUT2D eigenvalue weighted by Gasteiger charge is -2.35. The summed E-state index contributed by atoms with van der Waals surface area (Å²) in [6, 6.07) is 3.63. The molecule has 0 aromatic carbocycles. The van der Waals surface area contributed by atoms with E-state index in [0.29, 0.717) is 6.54 Å². The molecular weight excluding hydrogens is 250 g/mol. The summed E-state index contributed by atoms with van der Waals surface area (Å²) in [5.41, 5.74) is 6.90. The molecule has 1 saturated heterocycles. The van der Waals surface area contributed by atoms with Crippen LogP contribution in [-0.4, -0.2) is 37.5 Å². The molecule has 1 aromatic rings. The smallest absolute Gasteiger partial charge is 0.154 e. The van der Waals surface area contributed by atoms with Crippen LogP contribution in [0.25, 0.3) is 0 Å². The SMILES string of the molecule is CC1CS(=O)(=O)CCN1c1ncccc1[C@H](C)N. The first-order valence-corrected chi connectivity index (χ1v) is 7.90. The predicted octanol–water partition coefficient (Wildman–Crippen LogP) is 0.725. The number of aromatic nitrogens is 1. The monoisotopic (exact) mass is 269 g/mol. The number of hydrogen-bond donors (Lipinski definition) is 1. The van der Waals surface area contributed by atoms with Gasteiger partial charge in [-0.1, -0.05) is 6.07 Å². The molecule has 0 amide bonds. The third-order valence-electron chi connectivity index (χ3n) is 3.25. The van der Waals surface area contributed by atoms with Gasteiger partial charge in [-0.3, -0.25) is 0 Å². The van der Waals surface area contributed by atoms with Crippen molar-refractivity contribution in [1.82, 2.24) is 4.98 Å². The Bertz CT molecular complexity index is 528. The minimum absolute atomic E-state index is 0.0591. The van der Waals surface area contributed by atoms with E-state index in [2.05, 4.69) is 4.98 Å². The van der Waals surface area contributed by atoms with E-state index in [9.17, 15) is 8.42 Å². The summed E-state index contributed by atoms with van der Waals surface area (Å²) in [4.78, 5) is 6.41. The van der Waals surface area contributed by atoms with Crippen molar-refractivity contribution in [1.29, 1.82) is 0 Å². The Morgan fingerprint density at radius 1 is 1.56 bits per heavy atom. The molecular formula is C12H19N3O2S. The van der Waals surface area contributed by atoms with Crippen molar-refractivity contribution in [2.45, 2.75) is 25.9 Å². The van der Waals surface area contributed by atoms with Gasteiger partial charge in [0.05, 0.1) is 11.5 Å².